The normalized spacial score (nSPS) is 17.3. The number of ether oxygens (including phenoxy) is 1. The van der Waals surface area contributed by atoms with Crippen LogP contribution < -0.4 is 25.8 Å². The Kier molecular flexibility index (Phi) is 12.3. The van der Waals surface area contributed by atoms with Crippen molar-refractivity contribution in [3.63, 3.8) is 0 Å². The summed E-state index contributed by atoms with van der Waals surface area (Å²) in [7, 11) is 0. The number of H-pyrrole nitrogens is 1. The Morgan fingerprint density at radius 1 is 0.937 bits per heavy atom. The number of carbonyl (C=O) groups is 5. The lowest BCUT2D eigenvalue weighted by molar-refractivity contribution is -0.136. The minimum absolute atomic E-state index is 0.0613. The monoisotopic (exact) mass is 854 g/mol. The number of imide groups is 2. The minimum atomic E-state index is -1.03. The second-order valence-corrected chi connectivity index (χ2v) is 16.9. The van der Waals surface area contributed by atoms with Crippen molar-refractivity contribution in [2.45, 2.75) is 85.4 Å². The van der Waals surface area contributed by atoms with E-state index in [1.807, 2.05) is 45.2 Å². The third-order valence-electron chi connectivity index (χ3n) is 12.7. The third kappa shape index (κ3) is 8.61. The molecule has 6 heterocycles. The lowest BCUT2D eigenvalue weighted by Gasteiger charge is -2.35. The second-order valence-electron chi connectivity index (χ2n) is 16.9. The number of aromatic amines is 1. The fourth-order valence-corrected chi connectivity index (χ4v) is 9.03. The fourth-order valence-electron chi connectivity index (χ4n) is 9.03. The minimum Gasteiger partial charge on any atom is -0.493 e. The molecule has 15 heteroatoms. The van der Waals surface area contributed by atoms with Gasteiger partial charge in [0, 0.05) is 90.9 Å². The number of aryl methyl sites for hydroxylation is 3. The number of carbonyl (C=O) groups excluding carboxylic acids is 5. The van der Waals surface area contributed by atoms with Gasteiger partial charge in [0.05, 0.1) is 17.7 Å². The number of anilines is 1. The van der Waals surface area contributed by atoms with Crippen LogP contribution in [0.15, 0.2) is 65.7 Å². The number of pyridine rings is 2. The van der Waals surface area contributed by atoms with Gasteiger partial charge in [-0.15, -0.1) is 0 Å². The van der Waals surface area contributed by atoms with Crippen LogP contribution in [-0.2, 0) is 16.1 Å². The maximum atomic E-state index is 14.0. The van der Waals surface area contributed by atoms with E-state index in [1.165, 1.54) is 0 Å². The van der Waals surface area contributed by atoms with Crippen LogP contribution >= 0.6 is 0 Å². The predicted octanol–water partition coefficient (Wildman–Crippen LogP) is 5.60. The van der Waals surface area contributed by atoms with Crippen LogP contribution in [0.5, 0.6) is 5.75 Å². The number of nitrogens with zero attached hydrogens (tertiary/aromatic N) is 5. The van der Waals surface area contributed by atoms with E-state index in [0.29, 0.717) is 23.5 Å². The Balaban J connectivity index is 0.867. The van der Waals surface area contributed by atoms with Crippen LogP contribution in [0.1, 0.15) is 105 Å². The standard InChI is InChI=1S/C48H54N8O7/c1-6-31(5)55-27-29(3)42-35(44(58)50-26-36-28(2)22-30(4)51-45(36)59)23-33(24-38(42)55)32-12-14-40(49-25-32)54-19-17-53(18-20-54)16-7-8-21-63-39-11-9-10-34-43(39)48(62)56(47(34)61)37-13-15-41(57)52-46(37)60/h9-12,14,22-25,27,31,37H,6-8,13,15-21,26H2,1-5H3,(H,50,58)(H,51,59)(H,52,57,60). The summed E-state index contributed by atoms with van der Waals surface area (Å²) >= 11 is 0. The van der Waals surface area contributed by atoms with Gasteiger partial charge in [0.2, 0.25) is 11.8 Å². The molecule has 2 fully saturated rings. The molecule has 0 bridgehead atoms. The first-order valence-electron chi connectivity index (χ1n) is 21.9. The zero-order valence-electron chi connectivity index (χ0n) is 36.5. The lowest BCUT2D eigenvalue weighted by Crippen LogP contribution is -2.54. The van der Waals surface area contributed by atoms with E-state index in [-0.39, 0.29) is 48.0 Å². The van der Waals surface area contributed by atoms with Gasteiger partial charge < -0.3 is 24.5 Å². The van der Waals surface area contributed by atoms with E-state index in [2.05, 4.69) is 62.2 Å². The molecule has 0 saturated carbocycles. The van der Waals surface area contributed by atoms with Crippen LogP contribution in [0, 0.1) is 20.8 Å². The van der Waals surface area contributed by atoms with Crippen molar-refractivity contribution in [3.8, 4) is 16.9 Å². The van der Waals surface area contributed by atoms with Gasteiger partial charge in [0.25, 0.3) is 23.3 Å². The van der Waals surface area contributed by atoms with E-state index in [4.69, 9.17) is 9.72 Å². The molecule has 5 amide bonds. The summed E-state index contributed by atoms with van der Waals surface area (Å²) < 4.78 is 8.28. The second kappa shape index (κ2) is 18.0. The van der Waals surface area contributed by atoms with E-state index in [0.717, 1.165) is 102 Å². The number of aromatic nitrogens is 3. The summed E-state index contributed by atoms with van der Waals surface area (Å²) in [6.45, 7) is 14.8. The average Bonchev–Trinajstić information content (AvgIpc) is 3.74. The quantitative estimate of drug-likeness (QED) is 0.0941. The SMILES string of the molecule is CCC(C)n1cc(C)c2c(C(=O)NCc3c(C)cc(C)[nH]c3=O)cc(-c3ccc(N4CCN(CCCCOc5cccc6c5C(=O)N(C5CCC(=O)NC5=O)C6=O)CC4)nc3)cc21. The number of rotatable bonds is 14. The van der Waals surface area contributed by atoms with Crippen molar-refractivity contribution in [1.29, 1.82) is 0 Å². The van der Waals surface area contributed by atoms with E-state index in [1.54, 1.807) is 18.2 Å². The molecule has 2 aromatic carbocycles. The lowest BCUT2D eigenvalue weighted by atomic mass is 9.98. The average molecular weight is 855 g/mol. The Bertz CT molecular complexity index is 2680. The van der Waals surface area contributed by atoms with Gasteiger partial charge in [0.15, 0.2) is 0 Å². The molecular weight excluding hydrogens is 801 g/mol. The van der Waals surface area contributed by atoms with Crippen LogP contribution in [0.4, 0.5) is 5.82 Å². The van der Waals surface area contributed by atoms with Crippen molar-refractivity contribution in [2.75, 3.05) is 44.2 Å². The molecule has 2 unspecified atom stereocenters. The van der Waals surface area contributed by atoms with Gasteiger partial charge in [-0.3, -0.25) is 43.9 Å². The molecule has 0 aliphatic carbocycles. The molecule has 0 radical (unpaired) electrons. The molecule has 2 atom stereocenters. The smallest absolute Gasteiger partial charge is 0.266 e. The van der Waals surface area contributed by atoms with E-state index >= 15 is 0 Å². The summed E-state index contributed by atoms with van der Waals surface area (Å²) in [6.07, 6.45) is 6.71. The van der Waals surface area contributed by atoms with Crippen molar-refractivity contribution >= 4 is 46.3 Å². The Morgan fingerprint density at radius 3 is 2.44 bits per heavy atom. The first kappa shape index (κ1) is 43.1. The molecule has 3 N–H and O–H groups in total. The zero-order valence-corrected chi connectivity index (χ0v) is 36.5. The Morgan fingerprint density at radius 2 is 1.73 bits per heavy atom. The van der Waals surface area contributed by atoms with Gasteiger partial charge in [0.1, 0.15) is 17.6 Å². The van der Waals surface area contributed by atoms with Crippen LogP contribution in [0.3, 0.4) is 0 Å². The van der Waals surface area contributed by atoms with Gasteiger partial charge in [-0.2, -0.15) is 0 Å². The highest BCUT2D eigenvalue weighted by Gasteiger charge is 2.46. The van der Waals surface area contributed by atoms with Crippen molar-refractivity contribution in [1.82, 2.24) is 35.0 Å². The number of amides is 5. The molecule has 3 aliphatic rings. The molecule has 328 valence electrons. The molecule has 5 aromatic rings. The highest BCUT2D eigenvalue weighted by Crippen LogP contribution is 2.35. The number of hydrogen-bond acceptors (Lipinski definition) is 10. The van der Waals surface area contributed by atoms with Gasteiger partial charge in [-0.1, -0.05) is 13.0 Å². The summed E-state index contributed by atoms with van der Waals surface area (Å²) in [4.78, 5) is 90.7. The van der Waals surface area contributed by atoms with Crippen molar-refractivity contribution < 1.29 is 28.7 Å². The number of hydrogen-bond donors (Lipinski definition) is 3. The summed E-state index contributed by atoms with van der Waals surface area (Å²) in [5.74, 6) is -1.22. The number of nitrogens with one attached hydrogen (secondary N) is 3. The van der Waals surface area contributed by atoms with Crippen LogP contribution in [0.25, 0.3) is 22.0 Å². The van der Waals surface area contributed by atoms with E-state index < -0.39 is 29.7 Å². The van der Waals surface area contributed by atoms with E-state index in [9.17, 15) is 28.8 Å². The zero-order chi connectivity index (χ0) is 44.5. The summed E-state index contributed by atoms with van der Waals surface area (Å²) in [5.41, 5.74) is 6.66. The molecular formula is C48H54N8O7. The number of fused-ring (bicyclic) bond motifs is 2. The first-order chi connectivity index (χ1) is 30.3. The fraction of sp³-hybridized carbons (Fsp3) is 0.396. The molecule has 3 aliphatic heterocycles. The molecule has 63 heavy (non-hydrogen) atoms. The Hall–Kier alpha value is -6.61. The summed E-state index contributed by atoms with van der Waals surface area (Å²) in [6, 6.07) is 14.2. The van der Waals surface area contributed by atoms with Crippen molar-refractivity contribution in [3.05, 3.63) is 110 Å². The Labute approximate surface area is 365 Å². The predicted molar refractivity (Wildman–Crippen MR) is 239 cm³/mol. The molecule has 3 aromatic heterocycles. The molecule has 2 saturated heterocycles. The number of unbranched alkanes of at least 4 members (excludes halogenated alkanes) is 1. The third-order valence-corrected chi connectivity index (χ3v) is 12.7. The number of benzene rings is 2. The van der Waals surface area contributed by atoms with Gasteiger partial charge >= 0.3 is 0 Å². The topological polar surface area (TPSA) is 179 Å². The number of piperazine rings is 1. The maximum Gasteiger partial charge on any atom is 0.266 e. The van der Waals surface area contributed by atoms with Crippen LogP contribution in [0.2, 0.25) is 0 Å². The highest BCUT2D eigenvalue weighted by molar-refractivity contribution is 6.24. The first-order valence-corrected chi connectivity index (χ1v) is 21.9. The summed E-state index contributed by atoms with van der Waals surface area (Å²) in [5, 5.41) is 6.15. The molecule has 15 nitrogen and oxygen atoms in total. The van der Waals surface area contributed by atoms with Crippen molar-refractivity contribution in [2.24, 2.45) is 0 Å². The molecule has 0 spiro atoms. The highest BCUT2D eigenvalue weighted by atomic mass is 16.5. The van der Waals surface area contributed by atoms with Gasteiger partial charge in [-0.05, 0) is 119 Å². The number of piperidine rings is 1. The molecule has 8 rings (SSSR count). The maximum absolute atomic E-state index is 14.0. The van der Waals surface area contributed by atoms with Crippen LogP contribution in [-0.4, -0.2) is 99.2 Å². The van der Waals surface area contributed by atoms with Gasteiger partial charge in [-0.25, -0.2) is 4.98 Å². The largest absolute Gasteiger partial charge is 0.493 e.